The fourth-order valence-corrected chi connectivity index (χ4v) is 1.89. The standard InChI is InChI=1S/C13H17NO2/c1-9-8-10(2)14-16-13(9)11-4-6-12(15-3)7-5-11/h4-8,10,13-14H,1-3H3/t10-,13+/m1/s1. The Bertz CT molecular complexity index is 383. The van der Waals surface area contributed by atoms with Gasteiger partial charge in [-0.2, -0.15) is 5.48 Å². The molecule has 0 aromatic heterocycles. The summed E-state index contributed by atoms with van der Waals surface area (Å²) in [4.78, 5) is 5.60. The van der Waals surface area contributed by atoms with Gasteiger partial charge in [-0.3, -0.25) is 4.84 Å². The van der Waals surface area contributed by atoms with Gasteiger partial charge in [-0.05, 0) is 37.1 Å². The van der Waals surface area contributed by atoms with E-state index in [1.165, 1.54) is 5.57 Å². The van der Waals surface area contributed by atoms with Crippen molar-refractivity contribution in [3.8, 4) is 5.75 Å². The van der Waals surface area contributed by atoms with E-state index in [0.29, 0.717) is 0 Å². The predicted molar refractivity (Wildman–Crippen MR) is 63.2 cm³/mol. The lowest BCUT2D eigenvalue weighted by molar-refractivity contribution is -0.0275. The van der Waals surface area contributed by atoms with Crippen molar-refractivity contribution in [3.05, 3.63) is 41.5 Å². The molecule has 0 saturated heterocycles. The minimum Gasteiger partial charge on any atom is -0.497 e. The van der Waals surface area contributed by atoms with E-state index in [4.69, 9.17) is 9.57 Å². The molecular weight excluding hydrogens is 202 g/mol. The van der Waals surface area contributed by atoms with Crippen LogP contribution in [-0.2, 0) is 4.84 Å². The Hall–Kier alpha value is -1.32. The van der Waals surface area contributed by atoms with Gasteiger partial charge in [0.15, 0.2) is 0 Å². The molecule has 1 aromatic carbocycles. The van der Waals surface area contributed by atoms with E-state index in [1.54, 1.807) is 7.11 Å². The second kappa shape index (κ2) is 4.68. The molecule has 0 saturated carbocycles. The van der Waals surface area contributed by atoms with Crippen molar-refractivity contribution >= 4 is 0 Å². The molecule has 1 aromatic rings. The lowest BCUT2D eigenvalue weighted by Gasteiger charge is -2.26. The summed E-state index contributed by atoms with van der Waals surface area (Å²) < 4.78 is 5.13. The van der Waals surface area contributed by atoms with Crippen LogP contribution in [0.4, 0.5) is 0 Å². The maximum absolute atomic E-state index is 5.60. The highest BCUT2D eigenvalue weighted by Gasteiger charge is 2.20. The largest absolute Gasteiger partial charge is 0.497 e. The molecule has 2 rings (SSSR count). The summed E-state index contributed by atoms with van der Waals surface area (Å²) in [6.45, 7) is 4.15. The van der Waals surface area contributed by atoms with Crippen LogP contribution in [-0.4, -0.2) is 13.2 Å². The summed E-state index contributed by atoms with van der Waals surface area (Å²) in [6.07, 6.45) is 2.18. The second-order valence-corrected chi connectivity index (χ2v) is 4.09. The summed E-state index contributed by atoms with van der Waals surface area (Å²) in [5, 5.41) is 0. The molecule has 0 fully saturated rings. The van der Waals surface area contributed by atoms with Crippen LogP contribution in [0.2, 0.25) is 0 Å². The van der Waals surface area contributed by atoms with Crippen LogP contribution in [0, 0.1) is 0 Å². The first-order chi connectivity index (χ1) is 7.70. The zero-order chi connectivity index (χ0) is 11.5. The minimum atomic E-state index is 0.00195. The molecule has 0 unspecified atom stereocenters. The van der Waals surface area contributed by atoms with Crippen LogP contribution in [0.25, 0.3) is 0 Å². The molecule has 0 amide bonds. The van der Waals surface area contributed by atoms with Crippen molar-refractivity contribution < 1.29 is 9.57 Å². The van der Waals surface area contributed by atoms with E-state index < -0.39 is 0 Å². The maximum Gasteiger partial charge on any atom is 0.125 e. The quantitative estimate of drug-likeness (QED) is 0.775. The number of hydrogen-bond donors (Lipinski definition) is 1. The molecule has 0 bridgehead atoms. The topological polar surface area (TPSA) is 30.5 Å². The third kappa shape index (κ3) is 2.26. The highest BCUT2D eigenvalue weighted by Crippen LogP contribution is 2.28. The van der Waals surface area contributed by atoms with Crippen molar-refractivity contribution in [2.24, 2.45) is 0 Å². The molecule has 3 heteroatoms. The number of benzene rings is 1. The third-order valence-electron chi connectivity index (χ3n) is 2.72. The first kappa shape index (κ1) is 11.2. The molecule has 2 atom stereocenters. The van der Waals surface area contributed by atoms with Gasteiger partial charge in [-0.1, -0.05) is 18.2 Å². The summed E-state index contributed by atoms with van der Waals surface area (Å²) >= 11 is 0. The fourth-order valence-electron chi connectivity index (χ4n) is 1.89. The van der Waals surface area contributed by atoms with Gasteiger partial charge in [-0.25, -0.2) is 0 Å². The molecular formula is C13H17NO2. The Kier molecular flexibility index (Phi) is 3.27. The maximum atomic E-state index is 5.60. The zero-order valence-electron chi connectivity index (χ0n) is 9.86. The molecule has 1 aliphatic heterocycles. The number of hydroxylamine groups is 1. The Morgan fingerprint density at radius 2 is 1.94 bits per heavy atom. The van der Waals surface area contributed by atoms with Gasteiger partial charge in [0.25, 0.3) is 0 Å². The van der Waals surface area contributed by atoms with Gasteiger partial charge >= 0.3 is 0 Å². The average molecular weight is 219 g/mol. The van der Waals surface area contributed by atoms with Crippen LogP contribution < -0.4 is 10.2 Å². The molecule has 0 radical (unpaired) electrons. The van der Waals surface area contributed by atoms with Crippen LogP contribution in [0.3, 0.4) is 0 Å². The van der Waals surface area contributed by atoms with Crippen molar-refractivity contribution in [2.45, 2.75) is 26.0 Å². The fraction of sp³-hybridized carbons (Fsp3) is 0.385. The monoisotopic (exact) mass is 219 g/mol. The Morgan fingerprint density at radius 3 is 2.50 bits per heavy atom. The SMILES string of the molecule is COc1ccc([C@H]2ON[C@H](C)C=C2C)cc1. The number of rotatable bonds is 2. The highest BCUT2D eigenvalue weighted by atomic mass is 16.7. The van der Waals surface area contributed by atoms with E-state index in [-0.39, 0.29) is 12.1 Å². The Morgan fingerprint density at radius 1 is 1.25 bits per heavy atom. The van der Waals surface area contributed by atoms with Gasteiger partial charge in [0.1, 0.15) is 11.9 Å². The van der Waals surface area contributed by atoms with Gasteiger partial charge in [0.05, 0.1) is 7.11 Å². The Labute approximate surface area is 96.0 Å². The molecule has 3 nitrogen and oxygen atoms in total. The molecule has 86 valence electrons. The molecule has 16 heavy (non-hydrogen) atoms. The van der Waals surface area contributed by atoms with Gasteiger partial charge in [0.2, 0.25) is 0 Å². The first-order valence-electron chi connectivity index (χ1n) is 5.44. The number of nitrogens with one attached hydrogen (secondary N) is 1. The highest BCUT2D eigenvalue weighted by molar-refractivity contribution is 5.32. The number of ether oxygens (including phenoxy) is 1. The third-order valence-corrected chi connectivity index (χ3v) is 2.72. The molecule has 1 aliphatic rings. The van der Waals surface area contributed by atoms with E-state index in [1.807, 2.05) is 24.3 Å². The normalized spacial score (nSPS) is 25.1. The second-order valence-electron chi connectivity index (χ2n) is 4.09. The lowest BCUT2D eigenvalue weighted by atomic mass is 10.00. The van der Waals surface area contributed by atoms with Crippen LogP contribution in [0.1, 0.15) is 25.5 Å². The smallest absolute Gasteiger partial charge is 0.125 e. The summed E-state index contributed by atoms with van der Waals surface area (Å²) in [7, 11) is 1.67. The predicted octanol–water partition coefficient (Wildman–Crippen LogP) is 2.61. The van der Waals surface area contributed by atoms with Crippen LogP contribution in [0.5, 0.6) is 5.75 Å². The first-order valence-corrected chi connectivity index (χ1v) is 5.44. The minimum absolute atomic E-state index is 0.00195. The van der Waals surface area contributed by atoms with Crippen molar-refractivity contribution in [1.82, 2.24) is 5.48 Å². The van der Waals surface area contributed by atoms with Crippen LogP contribution in [0.15, 0.2) is 35.9 Å². The van der Waals surface area contributed by atoms with Gasteiger partial charge < -0.3 is 4.74 Å². The molecule has 1 N–H and O–H groups in total. The zero-order valence-corrected chi connectivity index (χ0v) is 9.86. The lowest BCUT2D eigenvalue weighted by Crippen LogP contribution is -2.31. The number of methoxy groups -OCH3 is 1. The summed E-state index contributed by atoms with van der Waals surface area (Å²) in [5.41, 5.74) is 5.35. The van der Waals surface area contributed by atoms with E-state index in [9.17, 15) is 0 Å². The molecule has 0 aliphatic carbocycles. The van der Waals surface area contributed by atoms with E-state index in [2.05, 4.69) is 25.4 Å². The van der Waals surface area contributed by atoms with Crippen molar-refractivity contribution in [2.75, 3.05) is 7.11 Å². The summed E-state index contributed by atoms with van der Waals surface area (Å²) in [6, 6.07) is 8.22. The van der Waals surface area contributed by atoms with E-state index in [0.717, 1.165) is 11.3 Å². The van der Waals surface area contributed by atoms with Crippen molar-refractivity contribution in [3.63, 3.8) is 0 Å². The molecule has 0 spiro atoms. The average Bonchev–Trinajstić information content (AvgIpc) is 2.29. The molecule has 1 heterocycles. The number of hydrogen-bond acceptors (Lipinski definition) is 3. The van der Waals surface area contributed by atoms with Crippen molar-refractivity contribution in [1.29, 1.82) is 0 Å². The van der Waals surface area contributed by atoms with Gasteiger partial charge in [-0.15, -0.1) is 0 Å². The van der Waals surface area contributed by atoms with E-state index >= 15 is 0 Å². The summed E-state index contributed by atoms with van der Waals surface area (Å²) in [5.74, 6) is 0.863. The Balaban J connectivity index is 2.21. The van der Waals surface area contributed by atoms with Crippen LogP contribution >= 0.6 is 0 Å². The van der Waals surface area contributed by atoms with Gasteiger partial charge in [0, 0.05) is 6.04 Å².